The molecular weight excluding hydrogens is 192 g/mol. The molecule has 3 heterocycles. The molecule has 0 aliphatic carbocycles. The fourth-order valence-electron chi connectivity index (χ4n) is 2.24. The van der Waals surface area contributed by atoms with Crippen molar-refractivity contribution in [2.45, 2.75) is 25.9 Å². The zero-order valence-electron chi connectivity index (χ0n) is 8.55. The van der Waals surface area contributed by atoms with Crippen LogP contribution in [-0.2, 0) is 13.1 Å². The second-order valence-electron chi connectivity index (χ2n) is 4.11. The van der Waals surface area contributed by atoms with Gasteiger partial charge in [0.15, 0.2) is 0 Å². The summed E-state index contributed by atoms with van der Waals surface area (Å²) in [7, 11) is 0. The van der Waals surface area contributed by atoms with Gasteiger partial charge in [-0.1, -0.05) is 0 Å². The minimum Gasteiger partial charge on any atom is -0.342 e. The van der Waals surface area contributed by atoms with Gasteiger partial charge in [0.2, 0.25) is 5.95 Å². The SMILES string of the molecule is O=c1[nH]c(N2CCCC2)nc2c1CNC2. The van der Waals surface area contributed by atoms with E-state index in [0.29, 0.717) is 6.54 Å². The fraction of sp³-hybridized carbons (Fsp3) is 0.600. The number of nitrogens with zero attached hydrogens (tertiary/aromatic N) is 2. The van der Waals surface area contributed by atoms with Gasteiger partial charge in [0.05, 0.1) is 11.3 Å². The van der Waals surface area contributed by atoms with Crippen molar-refractivity contribution < 1.29 is 0 Å². The number of rotatable bonds is 1. The number of hydrogen-bond donors (Lipinski definition) is 2. The molecule has 0 amide bonds. The summed E-state index contributed by atoms with van der Waals surface area (Å²) >= 11 is 0. The molecule has 1 saturated heterocycles. The lowest BCUT2D eigenvalue weighted by atomic mass is 10.3. The van der Waals surface area contributed by atoms with Crippen LogP contribution in [0.25, 0.3) is 0 Å². The lowest BCUT2D eigenvalue weighted by Crippen LogP contribution is -2.25. The molecule has 5 heteroatoms. The summed E-state index contributed by atoms with van der Waals surface area (Å²) in [5, 5.41) is 3.15. The van der Waals surface area contributed by atoms with Crippen molar-refractivity contribution in [2.24, 2.45) is 0 Å². The Hall–Kier alpha value is -1.36. The molecular formula is C10H14N4O. The molecule has 1 aromatic heterocycles. The lowest BCUT2D eigenvalue weighted by Gasteiger charge is -2.15. The smallest absolute Gasteiger partial charge is 0.257 e. The predicted molar refractivity (Wildman–Crippen MR) is 56.8 cm³/mol. The van der Waals surface area contributed by atoms with Gasteiger partial charge in [-0.15, -0.1) is 0 Å². The molecule has 15 heavy (non-hydrogen) atoms. The first-order valence-corrected chi connectivity index (χ1v) is 5.42. The topological polar surface area (TPSA) is 61.0 Å². The molecule has 3 rings (SSSR count). The molecule has 0 aromatic carbocycles. The van der Waals surface area contributed by atoms with Crippen LogP contribution >= 0.6 is 0 Å². The number of hydrogen-bond acceptors (Lipinski definition) is 4. The van der Waals surface area contributed by atoms with Crippen LogP contribution < -0.4 is 15.8 Å². The van der Waals surface area contributed by atoms with E-state index in [-0.39, 0.29) is 5.56 Å². The maximum absolute atomic E-state index is 11.7. The van der Waals surface area contributed by atoms with Gasteiger partial charge in [0, 0.05) is 26.2 Å². The van der Waals surface area contributed by atoms with E-state index in [1.165, 1.54) is 12.8 Å². The molecule has 0 spiro atoms. The maximum atomic E-state index is 11.7. The Labute approximate surface area is 87.5 Å². The third-order valence-electron chi connectivity index (χ3n) is 3.09. The zero-order valence-corrected chi connectivity index (χ0v) is 8.55. The second-order valence-corrected chi connectivity index (χ2v) is 4.11. The largest absolute Gasteiger partial charge is 0.342 e. The van der Waals surface area contributed by atoms with Crippen molar-refractivity contribution in [1.29, 1.82) is 0 Å². The van der Waals surface area contributed by atoms with Gasteiger partial charge in [-0.25, -0.2) is 4.98 Å². The molecule has 0 radical (unpaired) electrons. The molecule has 1 fully saturated rings. The van der Waals surface area contributed by atoms with Crippen molar-refractivity contribution in [3.05, 3.63) is 21.6 Å². The number of H-pyrrole nitrogens is 1. The average molecular weight is 206 g/mol. The highest BCUT2D eigenvalue weighted by molar-refractivity contribution is 5.35. The summed E-state index contributed by atoms with van der Waals surface area (Å²) in [6.07, 6.45) is 2.39. The van der Waals surface area contributed by atoms with Crippen molar-refractivity contribution in [3.8, 4) is 0 Å². The van der Waals surface area contributed by atoms with Gasteiger partial charge in [0.25, 0.3) is 5.56 Å². The Bertz CT molecular complexity index is 434. The van der Waals surface area contributed by atoms with Crippen LogP contribution in [0.2, 0.25) is 0 Å². The summed E-state index contributed by atoms with van der Waals surface area (Å²) in [6.45, 7) is 3.39. The van der Waals surface area contributed by atoms with E-state index in [0.717, 1.165) is 36.8 Å². The minimum atomic E-state index is 0.0203. The Morgan fingerprint density at radius 1 is 1.20 bits per heavy atom. The molecule has 2 N–H and O–H groups in total. The van der Waals surface area contributed by atoms with Gasteiger partial charge in [0.1, 0.15) is 0 Å². The van der Waals surface area contributed by atoms with E-state index >= 15 is 0 Å². The predicted octanol–water partition coefficient (Wildman–Crippen LogP) is -0.0267. The maximum Gasteiger partial charge on any atom is 0.257 e. The van der Waals surface area contributed by atoms with Gasteiger partial charge in [-0.2, -0.15) is 0 Å². The van der Waals surface area contributed by atoms with E-state index < -0.39 is 0 Å². The molecule has 0 saturated carbocycles. The molecule has 5 nitrogen and oxygen atoms in total. The number of fused-ring (bicyclic) bond motifs is 1. The third kappa shape index (κ3) is 1.43. The molecule has 2 aliphatic rings. The van der Waals surface area contributed by atoms with Crippen LogP contribution in [0, 0.1) is 0 Å². The first kappa shape index (κ1) is 8.91. The van der Waals surface area contributed by atoms with Gasteiger partial charge in [-0.05, 0) is 12.8 Å². The van der Waals surface area contributed by atoms with Gasteiger partial charge in [-0.3, -0.25) is 9.78 Å². The summed E-state index contributed by atoms with van der Waals surface area (Å²) in [5.41, 5.74) is 1.74. The molecule has 0 atom stereocenters. The fourth-order valence-corrected chi connectivity index (χ4v) is 2.24. The molecule has 0 unspecified atom stereocenters. The van der Waals surface area contributed by atoms with E-state index in [9.17, 15) is 4.79 Å². The molecule has 2 aliphatic heterocycles. The number of anilines is 1. The van der Waals surface area contributed by atoms with E-state index in [4.69, 9.17) is 0 Å². The minimum absolute atomic E-state index is 0.0203. The van der Waals surface area contributed by atoms with Crippen LogP contribution in [0.15, 0.2) is 4.79 Å². The van der Waals surface area contributed by atoms with Crippen LogP contribution in [0.5, 0.6) is 0 Å². The number of aromatic nitrogens is 2. The number of nitrogens with one attached hydrogen (secondary N) is 2. The van der Waals surface area contributed by atoms with Crippen LogP contribution in [-0.4, -0.2) is 23.1 Å². The normalized spacial score (nSPS) is 19.6. The number of aromatic amines is 1. The van der Waals surface area contributed by atoms with Gasteiger partial charge < -0.3 is 10.2 Å². The zero-order chi connectivity index (χ0) is 10.3. The molecule has 1 aromatic rings. The first-order chi connectivity index (χ1) is 7.34. The van der Waals surface area contributed by atoms with Crippen molar-refractivity contribution in [3.63, 3.8) is 0 Å². The Balaban J connectivity index is 2.03. The Morgan fingerprint density at radius 3 is 2.80 bits per heavy atom. The van der Waals surface area contributed by atoms with Crippen molar-refractivity contribution in [1.82, 2.24) is 15.3 Å². The monoisotopic (exact) mass is 206 g/mol. The van der Waals surface area contributed by atoms with E-state index in [2.05, 4.69) is 20.2 Å². The van der Waals surface area contributed by atoms with Crippen LogP contribution in [0.3, 0.4) is 0 Å². The highest BCUT2D eigenvalue weighted by Gasteiger charge is 2.20. The summed E-state index contributed by atoms with van der Waals surface area (Å²) in [5.74, 6) is 0.750. The molecule has 0 bridgehead atoms. The van der Waals surface area contributed by atoms with Crippen molar-refractivity contribution in [2.75, 3.05) is 18.0 Å². The van der Waals surface area contributed by atoms with Crippen LogP contribution in [0.1, 0.15) is 24.1 Å². The summed E-state index contributed by atoms with van der Waals surface area (Å²) in [6, 6.07) is 0. The van der Waals surface area contributed by atoms with Crippen LogP contribution in [0.4, 0.5) is 5.95 Å². The highest BCUT2D eigenvalue weighted by Crippen LogP contribution is 2.16. The standard InChI is InChI=1S/C10H14N4O/c15-9-7-5-11-6-8(7)12-10(13-9)14-3-1-2-4-14/h11H,1-6H2,(H,12,13,15). The highest BCUT2D eigenvalue weighted by atomic mass is 16.1. The third-order valence-corrected chi connectivity index (χ3v) is 3.09. The Morgan fingerprint density at radius 2 is 2.00 bits per heavy atom. The van der Waals surface area contributed by atoms with Gasteiger partial charge >= 0.3 is 0 Å². The quantitative estimate of drug-likeness (QED) is 0.677. The average Bonchev–Trinajstić information content (AvgIpc) is 2.88. The van der Waals surface area contributed by atoms with E-state index in [1.54, 1.807) is 0 Å². The first-order valence-electron chi connectivity index (χ1n) is 5.42. The summed E-state index contributed by atoms with van der Waals surface area (Å²) in [4.78, 5) is 21.3. The Kier molecular flexibility index (Phi) is 1.98. The van der Waals surface area contributed by atoms with Crippen molar-refractivity contribution >= 4 is 5.95 Å². The molecule has 80 valence electrons. The lowest BCUT2D eigenvalue weighted by molar-refractivity contribution is 0.756. The summed E-state index contributed by atoms with van der Waals surface area (Å²) < 4.78 is 0. The van der Waals surface area contributed by atoms with E-state index in [1.807, 2.05) is 0 Å². The second kappa shape index (κ2) is 3.34.